The van der Waals surface area contributed by atoms with Gasteiger partial charge in [0.15, 0.2) is 0 Å². The van der Waals surface area contributed by atoms with E-state index in [-0.39, 0.29) is 0 Å². The Morgan fingerprint density at radius 1 is 0.967 bits per heavy atom. The molecule has 1 aromatic carbocycles. The summed E-state index contributed by atoms with van der Waals surface area (Å²) in [5.41, 5.74) is 3.08. The van der Waals surface area contributed by atoms with Crippen LogP contribution in [0.1, 0.15) is 6.92 Å². The van der Waals surface area contributed by atoms with Gasteiger partial charge in [-0.05, 0) is 38.2 Å². The van der Waals surface area contributed by atoms with Gasteiger partial charge in [0.1, 0.15) is 30.1 Å². The number of rotatable bonds is 4. The zero-order chi connectivity index (χ0) is 20.5. The minimum atomic E-state index is 0.471. The summed E-state index contributed by atoms with van der Waals surface area (Å²) >= 11 is 0. The first-order valence-electron chi connectivity index (χ1n) is 10.1. The molecule has 1 atom stereocenters. The first kappa shape index (κ1) is 18.5. The molecule has 152 valence electrons. The van der Waals surface area contributed by atoms with Gasteiger partial charge in [-0.15, -0.1) is 0 Å². The smallest absolute Gasteiger partial charge is 0.143 e. The van der Waals surface area contributed by atoms with Gasteiger partial charge in [0.2, 0.25) is 0 Å². The zero-order valence-electron chi connectivity index (χ0n) is 17.1. The summed E-state index contributed by atoms with van der Waals surface area (Å²) < 4.78 is 1.95. The lowest BCUT2D eigenvalue weighted by molar-refractivity contribution is 0.275. The number of anilines is 3. The van der Waals surface area contributed by atoms with E-state index >= 15 is 0 Å². The Kier molecular flexibility index (Phi) is 4.76. The number of hydrogen-bond acceptors (Lipinski definition) is 7. The van der Waals surface area contributed by atoms with Gasteiger partial charge in [0, 0.05) is 31.7 Å². The van der Waals surface area contributed by atoms with Crippen LogP contribution in [0.2, 0.25) is 0 Å². The molecule has 0 amide bonds. The number of nitrogens with one attached hydrogen (secondary N) is 1. The highest BCUT2D eigenvalue weighted by Crippen LogP contribution is 2.23. The minimum Gasteiger partial charge on any atom is -0.365 e. The van der Waals surface area contributed by atoms with Gasteiger partial charge in [0.05, 0.1) is 22.9 Å². The van der Waals surface area contributed by atoms with Crippen LogP contribution in [-0.4, -0.2) is 62.1 Å². The third-order valence-corrected chi connectivity index (χ3v) is 5.52. The molecular weight excluding hydrogens is 376 g/mol. The van der Waals surface area contributed by atoms with Crippen molar-refractivity contribution in [2.24, 2.45) is 0 Å². The van der Waals surface area contributed by atoms with Crippen LogP contribution in [0.5, 0.6) is 0 Å². The molecule has 0 unspecified atom stereocenters. The molecule has 4 aromatic rings. The van der Waals surface area contributed by atoms with Gasteiger partial charge in [-0.3, -0.25) is 4.57 Å². The van der Waals surface area contributed by atoms with Crippen molar-refractivity contribution in [3.05, 3.63) is 61.3 Å². The molecule has 0 radical (unpaired) electrons. The van der Waals surface area contributed by atoms with Gasteiger partial charge in [-0.25, -0.2) is 19.9 Å². The van der Waals surface area contributed by atoms with Crippen LogP contribution >= 0.6 is 0 Å². The summed E-state index contributed by atoms with van der Waals surface area (Å²) in [5.74, 6) is 2.19. The molecule has 8 nitrogen and oxygen atoms in total. The standard InChI is InChI=1S/C22H24N8/c1-16-13-28(2)9-10-29(16)17-7-8-20(23-12-17)27-21-11-22(25-14-24-21)30-15-26-18-5-3-4-6-19(18)30/h3-8,11-12,14-16H,9-10,13H2,1-2H3,(H,23,24,25,27)/t16-/m0/s1. The maximum atomic E-state index is 4.60. The molecule has 0 saturated carbocycles. The topological polar surface area (TPSA) is 75.0 Å². The van der Waals surface area contributed by atoms with Crippen LogP contribution in [0.15, 0.2) is 61.3 Å². The van der Waals surface area contributed by atoms with E-state index in [4.69, 9.17) is 0 Å². The van der Waals surface area contributed by atoms with E-state index in [2.05, 4.69) is 55.1 Å². The van der Waals surface area contributed by atoms with Crippen LogP contribution in [0.4, 0.5) is 17.3 Å². The molecule has 8 heteroatoms. The van der Waals surface area contributed by atoms with Crippen LogP contribution in [0.25, 0.3) is 16.9 Å². The number of imidazole rings is 1. The average molecular weight is 400 g/mol. The Morgan fingerprint density at radius 2 is 1.87 bits per heavy atom. The van der Waals surface area contributed by atoms with Crippen LogP contribution in [-0.2, 0) is 0 Å². The normalized spacial score (nSPS) is 17.4. The number of piperazine rings is 1. The molecule has 0 aliphatic carbocycles. The molecule has 5 rings (SSSR count). The molecule has 0 bridgehead atoms. The van der Waals surface area contributed by atoms with E-state index in [9.17, 15) is 0 Å². The van der Waals surface area contributed by atoms with Gasteiger partial charge in [-0.1, -0.05) is 12.1 Å². The second-order valence-corrected chi connectivity index (χ2v) is 7.70. The number of benzene rings is 1. The van der Waals surface area contributed by atoms with Gasteiger partial charge >= 0.3 is 0 Å². The van der Waals surface area contributed by atoms with Crippen molar-refractivity contribution >= 4 is 28.4 Å². The molecule has 0 spiro atoms. The first-order valence-corrected chi connectivity index (χ1v) is 10.1. The maximum Gasteiger partial charge on any atom is 0.143 e. The summed E-state index contributed by atoms with van der Waals surface area (Å²) in [6, 6.07) is 14.5. The first-order chi connectivity index (χ1) is 14.7. The fourth-order valence-electron chi connectivity index (χ4n) is 3.97. The Hall–Kier alpha value is -3.52. The fraction of sp³-hybridized carbons (Fsp3) is 0.273. The van der Waals surface area contributed by atoms with Crippen molar-refractivity contribution < 1.29 is 0 Å². The predicted molar refractivity (Wildman–Crippen MR) is 118 cm³/mol. The van der Waals surface area contributed by atoms with Crippen LogP contribution in [0, 0.1) is 0 Å². The molecule has 1 saturated heterocycles. The van der Waals surface area contributed by atoms with E-state index in [0.717, 1.165) is 48.0 Å². The number of hydrogen-bond donors (Lipinski definition) is 1. The lowest BCUT2D eigenvalue weighted by Gasteiger charge is -2.39. The van der Waals surface area contributed by atoms with E-state index in [1.165, 1.54) is 0 Å². The van der Waals surface area contributed by atoms with E-state index in [1.54, 1.807) is 12.7 Å². The summed E-state index contributed by atoms with van der Waals surface area (Å²) in [6.07, 6.45) is 5.25. The molecule has 1 aliphatic heterocycles. The van der Waals surface area contributed by atoms with Crippen molar-refractivity contribution in [1.82, 2.24) is 29.4 Å². The van der Waals surface area contributed by atoms with E-state index < -0.39 is 0 Å². The average Bonchev–Trinajstić information content (AvgIpc) is 3.19. The molecule has 30 heavy (non-hydrogen) atoms. The number of aromatic nitrogens is 5. The molecular formula is C22H24N8. The van der Waals surface area contributed by atoms with Crippen molar-refractivity contribution in [3.8, 4) is 5.82 Å². The number of para-hydroxylation sites is 2. The Morgan fingerprint density at radius 3 is 2.70 bits per heavy atom. The second-order valence-electron chi connectivity index (χ2n) is 7.70. The highest BCUT2D eigenvalue weighted by molar-refractivity contribution is 5.77. The quantitative estimate of drug-likeness (QED) is 0.564. The zero-order valence-corrected chi connectivity index (χ0v) is 17.1. The predicted octanol–water partition coefficient (Wildman–Crippen LogP) is 3.09. The Balaban J connectivity index is 1.35. The van der Waals surface area contributed by atoms with E-state index in [1.807, 2.05) is 47.2 Å². The fourth-order valence-corrected chi connectivity index (χ4v) is 3.97. The molecule has 3 aromatic heterocycles. The molecule has 1 fully saturated rings. The third kappa shape index (κ3) is 3.57. The van der Waals surface area contributed by atoms with Crippen LogP contribution < -0.4 is 10.2 Å². The number of likely N-dealkylation sites (N-methyl/N-ethyl adjacent to an activating group) is 1. The molecule has 1 N–H and O–H groups in total. The lowest BCUT2D eigenvalue weighted by Crippen LogP contribution is -2.50. The minimum absolute atomic E-state index is 0.471. The number of pyridine rings is 1. The second kappa shape index (κ2) is 7.72. The maximum absolute atomic E-state index is 4.60. The molecule has 1 aliphatic rings. The lowest BCUT2D eigenvalue weighted by atomic mass is 10.2. The van der Waals surface area contributed by atoms with Gasteiger partial charge in [0.25, 0.3) is 0 Å². The van der Waals surface area contributed by atoms with Crippen molar-refractivity contribution in [2.45, 2.75) is 13.0 Å². The number of fused-ring (bicyclic) bond motifs is 1. The largest absolute Gasteiger partial charge is 0.365 e. The number of nitrogens with zero attached hydrogens (tertiary/aromatic N) is 7. The summed E-state index contributed by atoms with van der Waals surface area (Å²) in [6.45, 7) is 5.40. The Labute approximate surface area is 175 Å². The Bertz CT molecular complexity index is 1150. The van der Waals surface area contributed by atoms with Crippen LogP contribution in [0.3, 0.4) is 0 Å². The highest BCUT2D eigenvalue weighted by atomic mass is 15.3. The highest BCUT2D eigenvalue weighted by Gasteiger charge is 2.21. The van der Waals surface area contributed by atoms with Gasteiger partial charge < -0.3 is 15.1 Å². The van der Waals surface area contributed by atoms with Crippen molar-refractivity contribution in [2.75, 3.05) is 36.9 Å². The SMILES string of the molecule is C[C@H]1CN(C)CCN1c1ccc(Nc2cc(-n3cnc4ccccc43)ncn2)nc1. The monoisotopic (exact) mass is 400 g/mol. The van der Waals surface area contributed by atoms with E-state index in [0.29, 0.717) is 11.9 Å². The summed E-state index contributed by atoms with van der Waals surface area (Å²) in [7, 11) is 2.17. The van der Waals surface area contributed by atoms with Crippen molar-refractivity contribution in [1.29, 1.82) is 0 Å². The third-order valence-electron chi connectivity index (χ3n) is 5.52. The summed E-state index contributed by atoms with van der Waals surface area (Å²) in [5, 5.41) is 3.28. The molecule has 4 heterocycles. The van der Waals surface area contributed by atoms with Crippen molar-refractivity contribution in [3.63, 3.8) is 0 Å². The summed E-state index contributed by atoms with van der Waals surface area (Å²) in [4.78, 5) is 22.6. The van der Waals surface area contributed by atoms with Gasteiger partial charge in [-0.2, -0.15) is 0 Å².